The first-order valence-corrected chi connectivity index (χ1v) is 13.1. The van der Waals surface area contributed by atoms with Gasteiger partial charge in [0, 0.05) is 21.4 Å². The van der Waals surface area contributed by atoms with E-state index in [1.807, 2.05) is 32.0 Å². The average Bonchev–Trinajstić information content (AvgIpc) is 3.16. The molecule has 9 heteroatoms. The number of nitrogens with one attached hydrogen (secondary N) is 1. The van der Waals surface area contributed by atoms with Gasteiger partial charge in [-0.2, -0.15) is 5.26 Å². The summed E-state index contributed by atoms with van der Waals surface area (Å²) in [6.45, 7) is 4.25. The van der Waals surface area contributed by atoms with Crippen LogP contribution in [-0.4, -0.2) is 23.7 Å². The maximum Gasteiger partial charge on any atom is 0.269 e. The van der Waals surface area contributed by atoms with Crippen LogP contribution in [0.4, 0.5) is 11.4 Å². The molecule has 2 amide bonds. The molecule has 1 heterocycles. The van der Waals surface area contributed by atoms with Crippen molar-refractivity contribution in [1.29, 1.82) is 5.26 Å². The van der Waals surface area contributed by atoms with Crippen molar-refractivity contribution in [3.05, 3.63) is 98.5 Å². The molecule has 0 radical (unpaired) electrons. The van der Waals surface area contributed by atoms with Crippen LogP contribution in [0.2, 0.25) is 10.0 Å². The third kappa shape index (κ3) is 6.11. The number of hydrogen-bond donors (Lipinski definition) is 1. The van der Waals surface area contributed by atoms with Crippen molar-refractivity contribution in [3.63, 3.8) is 0 Å². The van der Waals surface area contributed by atoms with Gasteiger partial charge in [0.2, 0.25) is 5.91 Å². The van der Waals surface area contributed by atoms with Crippen LogP contribution in [0.5, 0.6) is 5.75 Å². The molecule has 0 saturated carbocycles. The first-order valence-electron chi connectivity index (χ1n) is 11.5. The molecule has 1 aliphatic heterocycles. The van der Waals surface area contributed by atoms with Gasteiger partial charge in [-0.3, -0.25) is 14.5 Å². The largest absolute Gasteiger partial charge is 0.494 e. The van der Waals surface area contributed by atoms with Crippen molar-refractivity contribution in [2.45, 2.75) is 25.5 Å². The number of amides is 2. The number of ether oxygens (including phenoxy) is 1. The second kappa shape index (κ2) is 11.7. The minimum Gasteiger partial charge on any atom is -0.494 e. The number of para-hydroxylation sites is 1. The molecule has 1 unspecified atom stereocenters. The molecule has 1 fully saturated rings. The average molecular weight is 552 g/mol. The van der Waals surface area contributed by atoms with Crippen molar-refractivity contribution in [3.8, 4) is 11.8 Å². The monoisotopic (exact) mass is 551 g/mol. The van der Waals surface area contributed by atoms with E-state index in [4.69, 9.17) is 27.9 Å². The molecule has 3 aromatic carbocycles. The molecule has 1 aliphatic rings. The van der Waals surface area contributed by atoms with E-state index in [1.54, 1.807) is 54.6 Å². The Labute approximate surface area is 229 Å². The van der Waals surface area contributed by atoms with Crippen LogP contribution in [0.1, 0.15) is 18.1 Å². The number of nitriles is 1. The zero-order valence-corrected chi connectivity index (χ0v) is 22.5. The van der Waals surface area contributed by atoms with E-state index in [0.29, 0.717) is 40.2 Å². The number of halogens is 2. The highest BCUT2D eigenvalue weighted by Gasteiger charge is 2.41. The Balaban J connectivity index is 1.74. The summed E-state index contributed by atoms with van der Waals surface area (Å²) in [5, 5.41) is 13.5. The number of carbonyl (C=O) groups is 2. The van der Waals surface area contributed by atoms with Crippen LogP contribution in [0.25, 0.3) is 0 Å². The second-order valence-corrected chi connectivity index (χ2v) is 10.3. The van der Waals surface area contributed by atoms with E-state index >= 15 is 0 Å². The molecule has 188 valence electrons. The predicted octanol–water partition coefficient (Wildman–Crippen LogP) is 6.77. The molecule has 0 aromatic heterocycles. The van der Waals surface area contributed by atoms with Crippen LogP contribution in [0.15, 0.2) is 77.3 Å². The summed E-state index contributed by atoms with van der Waals surface area (Å²) in [7, 11) is 0. The Morgan fingerprint density at radius 1 is 1.11 bits per heavy atom. The van der Waals surface area contributed by atoms with E-state index < -0.39 is 11.2 Å². The number of hydrogen-bond acceptors (Lipinski definition) is 5. The van der Waals surface area contributed by atoms with Crippen LogP contribution in [-0.2, 0) is 16.0 Å². The molecule has 1 atom stereocenters. The van der Waals surface area contributed by atoms with Crippen molar-refractivity contribution >= 4 is 58.2 Å². The predicted molar refractivity (Wildman–Crippen MR) is 149 cm³/mol. The zero-order chi connectivity index (χ0) is 26.5. The minimum absolute atomic E-state index is 0.151. The topological polar surface area (TPSA) is 82.4 Å². The molecule has 1 N–H and O–H groups in total. The van der Waals surface area contributed by atoms with E-state index in [-0.39, 0.29) is 16.5 Å². The Hall–Kier alpha value is -3.44. The van der Waals surface area contributed by atoms with Crippen molar-refractivity contribution < 1.29 is 14.3 Å². The highest BCUT2D eigenvalue weighted by molar-refractivity contribution is 8.05. The molecule has 0 aliphatic carbocycles. The summed E-state index contributed by atoms with van der Waals surface area (Å²) in [5.41, 5.74) is 2.60. The maximum atomic E-state index is 13.7. The number of thioether (sulfide) groups is 1. The molecule has 4 rings (SSSR count). The molecular weight excluding hydrogens is 529 g/mol. The number of carbonyl (C=O) groups excluding carboxylic acids is 2. The number of benzene rings is 3. The van der Waals surface area contributed by atoms with Gasteiger partial charge >= 0.3 is 0 Å². The quantitative estimate of drug-likeness (QED) is 0.259. The van der Waals surface area contributed by atoms with Crippen molar-refractivity contribution in [2.75, 3.05) is 16.8 Å². The number of aryl methyl sites for hydroxylation is 1. The summed E-state index contributed by atoms with van der Waals surface area (Å²) in [6.07, 6.45) is 0.318. The lowest BCUT2D eigenvalue weighted by molar-refractivity contribution is -0.117. The van der Waals surface area contributed by atoms with Gasteiger partial charge in [0.15, 0.2) is 0 Å². The Morgan fingerprint density at radius 2 is 1.78 bits per heavy atom. The van der Waals surface area contributed by atoms with Gasteiger partial charge in [-0.1, -0.05) is 53.2 Å². The van der Waals surface area contributed by atoms with Gasteiger partial charge in [-0.05, 0) is 79.9 Å². The maximum absolute atomic E-state index is 13.7. The number of rotatable bonds is 7. The summed E-state index contributed by atoms with van der Waals surface area (Å²) in [4.78, 5) is 28.4. The smallest absolute Gasteiger partial charge is 0.269 e. The van der Waals surface area contributed by atoms with Gasteiger partial charge in [0.05, 0.1) is 11.9 Å². The molecule has 6 nitrogen and oxygen atoms in total. The number of anilines is 2. The Morgan fingerprint density at radius 3 is 2.41 bits per heavy atom. The summed E-state index contributed by atoms with van der Waals surface area (Å²) in [6, 6.07) is 21.4. The van der Waals surface area contributed by atoms with E-state index in [0.717, 1.165) is 11.1 Å². The zero-order valence-electron chi connectivity index (χ0n) is 20.1. The first-order chi connectivity index (χ1) is 17.8. The molecule has 0 spiro atoms. The third-order valence-corrected chi connectivity index (χ3v) is 7.35. The summed E-state index contributed by atoms with van der Waals surface area (Å²) < 4.78 is 5.52. The SMILES string of the molecule is CCOc1ccc(N2C(=O)C(Cc3cc(Cl)cc(Cl)c3)S/C2=C(/C#N)C(=O)Nc2ccccc2C)cc1. The van der Waals surface area contributed by atoms with Crippen LogP contribution in [0.3, 0.4) is 0 Å². The van der Waals surface area contributed by atoms with Gasteiger partial charge in [0.25, 0.3) is 5.91 Å². The van der Waals surface area contributed by atoms with Gasteiger partial charge in [-0.25, -0.2) is 0 Å². The highest BCUT2D eigenvalue weighted by Crippen LogP contribution is 2.42. The second-order valence-electron chi connectivity index (χ2n) is 8.25. The molecule has 37 heavy (non-hydrogen) atoms. The molecule has 1 saturated heterocycles. The lowest BCUT2D eigenvalue weighted by Crippen LogP contribution is -2.31. The summed E-state index contributed by atoms with van der Waals surface area (Å²) >= 11 is 13.5. The Bertz CT molecular complexity index is 1400. The third-order valence-electron chi connectivity index (χ3n) is 5.65. The Kier molecular flexibility index (Phi) is 8.45. The minimum atomic E-state index is -0.592. The van der Waals surface area contributed by atoms with Crippen LogP contribution >= 0.6 is 35.0 Å². The van der Waals surface area contributed by atoms with Gasteiger partial charge in [-0.15, -0.1) is 0 Å². The van der Waals surface area contributed by atoms with Crippen molar-refractivity contribution in [1.82, 2.24) is 0 Å². The van der Waals surface area contributed by atoms with Gasteiger partial charge < -0.3 is 10.1 Å². The fraction of sp³-hybridized carbons (Fsp3) is 0.179. The van der Waals surface area contributed by atoms with E-state index in [9.17, 15) is 14.9 Å². The fourth-order valence-electron chi connectivity index (χ4n) is 3.92. The molecular formula is C28H23Cl2N3O3S. The summed E-state index contributed by atoms with van der Waals surface area (Å²) in [5.74, 6) is -0.190. The fourth-order valence-corrected chi connectivity index (χ4v) is 5.80. The standard InChI is InChI=1S/C28H23Cl2N3O3S/c1-3-36-22-10-8-21(9-11-22)33-27(35)25(14-18-12-19(29)15-20(30)13-18)37-28(33)23(16-31)26(34)32-24-7-5-4-6-17(24)2/h4-13,15,25H,3,14H2,1-2H3,(H,32,34)/b28-23-. The van der Waals surface area contributed by atoms with Crippen LogP contribution in [0, 0.1) is 18.3 Å². The van der Waals surface area contributed by atoms with E-state index in [2.05, 4.69) is 5.32 Å². The molecule has 0 bridgehead atoms. The molecule has 3 aromatic rings. The lowest BCUT2D eigenvalue weighted by atomic mass is 10.1. The highest BCUT2D eigenvalue weighted by atomic mass is 35.5. The van der Waals surface area contributed by atoms with Gasteiger partial charge in [0.1, 0.15) is 22.4 Å². The van der Waals surface area contributed by atoms with Crippen molar-refractivity contribution in [2.24, 2.45) is 0 Å². The van der Waals surface area contributed by atoms with Crippen LogP contribution < -0.4 is 15.0 Å². The lowest BCUT2D eigenvalue weighted by Gasteiger charge is -2.19. The number of nitrogens with zero attached hydrogens (tertiary/aromatic N) is 2. The normalized spacial score (nSPS) is 16.4. The van der Waals surface area contributed by atoms with E-state index in [1.165, 1.54) is 16.7 Å². The first kappa shape index (κ1) is 26.6.